The van der Waals surface area contributed by atoms with E-state index in [4.69, 9.17) is 9.78 Å². The maximum atomic E-state index is 12.9. The van der Waals surface area contributed by atoms with Crippen molar-refractivity contribution in [3.8, 4) is 6.07 Å². The molecule has 0 atom stereocenters. The van der Waals surface area contributed by atoms with Crippen LogP contribution in [-0.4, -0.2) is 18.6 Å². The number of aryl methyl sites for hydroxylation is 1. The highest BCUT2D eigenvalue weighted by atomic mass is 32.2. The van der Waals surface area contributed by atoms with Gasteiger partial charge in [0.25, 0.3) is 0 Å². The van der Waals surface area contributed by atoms with Crippen LogP contribution in [-0.2, 0) is 15.6 Å². The van der Waals surface area contributed by atoms with Crippen molar-refractivity contribution < 1.29 is 12.9 Å². The van der Waals surface area contributed by atoms with Gasteiger partial charge in [-0.25, -0.2) is 8.42 Å². The van der Waals surface area contributed by atoms with Gasteiger partial charge in [0.2, 0.25) is 15.9 Å². The Bertz CT molecular complexity index is 873. The average Bonchev–Trinajstić information content (AvgIpc) is 2.91. The fraction of sp³-hybridized carbons (Fsp3) is 0.471. The van der Waals surface area contributed by atoms with Crippen LogP contribution in [0.1, 0.15) is 55.8 Å². The molecule has 1 fully saturated rings. The third-order valence-electron chi connectivity index (χ3n) is 4.54. The zero-order chi connectivity index (χ0) is 17.9. The first-order chi connectivity index (χ1) is 12.0. The molecule has 1 heterocycles. The van der Waals surface area contributed by atoms with Gasteiger partial charge in [0.15, 0.2) is 5.82 Å². The molecule has 0 aliphatic heterocycles. The predicted molar refractivity (Wildman–Crippen MR) is 89.9 cm³/mol. The molecule has 0 bridgehead atoms. The molecule has 25 heavy (non-hydrogen) atoms. The van der Waals surface area contributed by atoms with Crippen molar-refractivity contribution in [1.29, 1.82) is 5.26 Å². The summed E-state index contributed by atoms with van der Waals surface area (Å²) in [5, 5.41) is 12.9. The smallest absolute Gasteiger partial charge is 0.241 e. The zero-order valence-electron chi connectivity index (χ0n) is 14.0. The minimum Gasteiger partial charge on any atom is -0.340 e. The fourth-order valence-corrected chi connectivity index (χ4v) is 4.64. The third-order valence-corrected chi connectivity index (χ3v) is 6.09. The molecule has 1 N–H and O–H groups in total. The van der Waals surface area contributed by atoms with Crippen LogP contribution in [0, 0.1) is 18.3 Å². The van der Waals surface area contributed by atoms with Crippen LogP contribution in [0.25, 0.3) is 0 Å². The zero-order valence-corrected chi connectivity index (χ0v) is 14.8. The van der Waals surface area contributed by atoms with E-state index in [2.05, 4.69) is 14.9 Å². The van der Waals surface area contributed by atoms with Crippen LogP contribution in [0.5, 0.6) is 0 Å². The molecule has 1 aliphatic rings. The summed E-state index contributed by atoms with van der Waals surface area (Å²) in [5.74, 6) is 0.806. The van der Waals surface area contributed by atoms with Gasteiger partial charge in [-0.15, -0.1) is 0 Å². The first-order valence-electron chi connectivity index (χ1n) is 8.30. The van der Waals surface area contributed by atoms with Crippen molar-refractivity contribution in [3.63, 3.8) is 0 Å². The van der Waals surface area contributed by atoms with E-state index >= 15 is 0 Å². The Hall–Kier alpha value is -2.24. The van der Waals surface area contributed by atoms with Gasteiger partial charge in [-0.2, -0.15) is 15.0 Å². The summed E-state index contributed by atoms with van der Waals surface area (Å²) in [7, 11) is -3.78. The minimum atomic E-state index is -3.78. The summed E-state index contributed by atoms with van der Waals surface area (Å²) in [6.45, 7) is 1.69. The second-order valence-electron chi connectivity index (χ2n) is 6.38. The van der Waals surface area contributed by atoms with Gasteiger partial charge in [0, 0.05) is 6.92 Å². The first kappa shape index (κ1) is 17.6. The Labute approximate surface area is 147 Å². The molecule has 132 valence electrons. The third kappa shape index (κ3) is 3.72. The maximum absolute atomic E-state index is 12.9. The average molecular weight is 360 g/mol. The topological polar surface area (TPSA) is 109 Å². The summed E-state index contributed by atoms with van der Waals surface area (Å²) >= 11 is 0. The van der Waals surface area contributed by atoms with Gasteiger partial charge >= 0.3 is 0 Å². The highest BCUT2D eigenvalue weighted by Crippen LogP contribution is 2.36. The van der Waals surface area contributed by atoms with E-state index in [1.807, 2.05) is 6.07 Å². The number of nitrogens with zero attached hydrogens (tertiary/aromatic N) is 3. The van der Waals surface area contributed by atoms with Crippen LogP contribution in [0.15, 0.2) is 33.7 Å². The lowest BCUT2D eigenvalue weighted by Gasteiger charge is -2.30. The number of nitriles is 1. The van der Waals surface area contributed by atoms with Gasteiger partial charge in [-0.05, 0) is 37.1 Å². The molecule has 8 heteroatoms. The highest BCUT2D eigenvalue weighted by molar-refractivity contribution is 7.89. The number of hydrogen-bond acceptors (Lipinski definition) is 6. The van der Waals surface area contributed by atoms with Crippen molar-refractivity contribution in [1.82, 2.24) is 14.9 Å². The molecule has 2 aromatic rings. The molecule has 0 saturated heterocycles. The minimum absolute atomic E-state index is 0.121. The Morgan fingerprint density at radius 1 is 1.16 bits per heavy atom. The quantitative estimate of drug-likeness (QED) is 0.840. The summed E-state index contributed by atoms with van der Waals surface area (Å²) < 4.78 is 33.8. The normalized spacial score (nSPS) is 17.6. The molecule has 1 aliphatic carbocycles. The highest BCUT2D eigenvalue weighted by Gasteiger charge is 2.41. The Balaban J connectivity index is 1.97. The molecule has 0 unspecified atom stereocenters. The van der Waals surface area contributed by atoms with Crippen molar-refractivity contribution in [2.75, 3.05) is 0 Å². The molecule has 0 radical (unpaired) electrons. The number of rotatable bonds is 4. The number of sulfonamides is 1. The molecular weight excluding hydrogens is 340 g/mol. The Kier molecular flexibility index (Phi) is 4.88. The first-order valence-corrected chi connectivity index (χ1v) is 9.78. The van der Waals surface area contributed by atoms with Gasteiger partial charge < -0.3 is 4.52 Å². The van der Waals surface area contributed by atoms with Gasteiger partial charge in [-0.3, -0.25) is 0 Å². The van der Waals surface area contributed by atoms with E-state index in [0.29, 0.717) is 30.1 Å². The lowest BCUT2D eigenvalue weighted by molar-refractivity contribution is 0.301. The molecule has 0 spiro atoms. The lowest BCUT2D eigenvalue weighted by Crippen LogP contribution is -2.46. The molecular formula is C17H20N4O3S. The van der Waals surface area contributed by atoms with Crippen molar-refractivity contribution >= 4 is 10.0 Å². The van der Waals surface area contributed by atoms with Crippen LogP contribution < -0.4 is 4.72 Å². The van der Waals surface area contributed by atoms with Gasteiger partial charge in [0.05, 0.1) is 22.1 Å². The van der Waals surface area contributed by atoms with Crippen LogP contribution in [0.3, 0.4) is 0 Å². The van der Waals surface area contributed by atoms with Crippen molar-refractivity contribution in [3.05, 3.63) is 41.5 Å². The van der Waals surface area contributed by atoms with Gasteiger partial charge in [0.1, 0.15) is 0 Å². The van der Waals surface area contributed by atoms with E-state index in [1.165, 1.54) is 24.3 Å². The van der Waals surface area contributed by atoms with Crippen molar-refractivity contribution in [2.24, 2.45) is 0 Å². The van der Waals surface area contributed by atoms with E-state index in [1.54, 1.807) is 6.92 Å². The lowest BCUT2D eigenvalue weighted by atomic mass is 9.91. The predicted octanol–water partition coefficient (Wildman–Crippen LogP) is 2.78. The number of hydrogen-bond donors (Lipinski definition) is 1. The van der Waals surface area contributed by atoms with E-state index < -0.39 is 15.6 Å². The SMILES string of the molecule is Cc1nc(C2(NS(=O)(=O)c3ccc(C#N)cc3)CCCCCC2)no1. The second-order valence-corrected chi connectivity index (χ2v) is 8.06. The fourth-order valence-electron chi connectivity index (χ4n) is 3.22. The standard InChI is InChI=1S/C17H20N4O3S/c1-13-19-16(20-24-13)17(10-4-2-3-5-11-17)21-25(22,23)15-8-6-14(12-18)7-9-15/h6-9,21H,2-5,10-11H2,1H3. The van der Waals surface area contributed by atoms with E-state index in [9.17, 15) is 8.42 Å². The summed E-state index contributed by atoms with van der Waals surface area (Å²) in [4.78, 5) is 4.43. The molecule has 1 aromatic heterocycles. The molecule has 0 amide bonds. The van der Waals surface area contributed by atoms with Gasteiger partial charge in [-0.1, -0.05) is 30.8 Å². The Morgan fingerprint density at radius 3 is 2.32 bits per heavy atom. The second kappa shape index (κ2) is 6.94. The van der Waals surface area contributed by atoms with E-state index in [0.717, 1.165) is 25.7 Å². The molecule has 1 saturated carbocycles. The summed E-state index contributed by atoms with van der Waals surface area (Å²) in [6.07, 6.45) is 5.14. The van der Waals surface area contributed by atoms with Crippen LogP contribution in [0.4, 0.5) is 0 Å². The van der Waals surface area contributed by atoms with Crippen molar-refractivity contribution in [2.45, 2.75) is 55.9 Å². The number of nitrogens with one attached hydrogen (secondary N) is 1. The molecule has 7 nitrogen and oxygen atoms in total. The maximum Gasteiger partial charge on any atom is 0.241 e. The van der Waals surface area contributed by atoms with E-state index in [-0.39, 0.29) is 4.90 Å². The Morgan fingerprint density at radius 2 is 1.80 bits per heavy atom. The largest absolute Gasteiger partial charge is 0.340 e. The monoisotopic (exact) mass is 360 g/mol. The molecule has 3 rings (SSSR count). The van der Waals surface area contributed by atoms with Crippen LogP contribution >= 0.6 is 0 Å². The summed E-state index contributed by atoms with van der Waals surface area (Å²) in [5.41, 5.74) is -0.446. The van der Waals surface area contributed by atoms with Crippen LogP contribution in [0.2, 0.25) is 0 Å². The summed E-state index contributed by atoms with van der Waals surface area (Å²) in [6, 6.07) is 7.84. The number of benzene rings is 1. The number of aromatic nitrogens is 2. The molecule has 1 aromatic carbocycles.